The van der Waals surface area contributed by atoms with Crippen LogP contribution in [0.5, 0.6) is 0 Å². The van der Waals surface area contributed by atoms with Gasteiger partial charge in [-0.15, -0.1) is 0 Å². The molecule has 1 aliphatic rings. The first kappa shape index (κ1) is 25.1. The van der Waals surface area contributed by atoms with E-state index in [2.05, 4.69) is 0 Å². The molecule has 3 atom stereocenters. The van der Waals surface area contributed by atoms with Crippen molar-refractivity contribution in [2.75, 3.05) is 26.8 Å². The highest BCUT2D eigenvalue weighted by molar-refractivity contribution is 5.85. The number of benzene rings is 1. The third-order valence-electron chi connectivity index (χ3n) is 6.01. The van der Waals surface area contributed by atoms with E-state index in [1.807, 2.05) is 51.1 Å². The summed E-state index contributed by atoms with van der Waals surface area (Å²) in [7, 11) is 1.65. The maximum absolute atomic E-state index is 13.6. The Hall–Kier alpha value is -2.12. The van der Waals surface area contributed by atoms with Crippen LogP contribution in [0.2, 0.25) is 0 Å². The first-order valence-corrected chi connectivity index (χ1v) is 11.1. The Morgan fingerprint density at radius 3 is 2.26 bits per heavy atom. The zero-order chi connectivity index (χ0) is 23.2. The number of rotatable bonds is 8. The first-order valence-electron chi connectivity index (χ1n) is 11.1. The number of likely N-dealkylation sites (N-methyl/N-ethyl adjacent to an activating group) is 1. The fourth-order valence-electron chi connectivity index (χ4n) is 4.06. The van der Waals surface area contributed by atoms with Crippen molar-refractivity contribution >= 4 is 12.0 Å². The Morgan fingerprint density at radius 2 is 1.74 bits per heavy atom. The van der Waals surface area contributed by atoms with Crippen molar-refractivity contribution in [2.24, 2.45) is 11.3 Å². The highest BCUT2D eigenvalue weighted by Gasteiger charge is 2.38. The van der Waals surface area contributed by atoms with Crippen molar-refractivity contribution in [2.45, 2.75) is 65.1 Å². The number of hydrogen-bond donors (Lipinski definition) is 2. The molecule has 7 nitrogen and oxygen atoms in total. The molecule has 1 fully saturated rings. The molecule has 0 bridgehead atoms. The van der Waals surface area contributed by atoms with E-state index in [4.69, 9.17) is 4.74 Å². The average molecular weight is 435 g/mol. The molecule has 0 spiro atoms. The highest BCUT2D eigenvalue weighted by Crippen LogP contribution is 2.28. The minimum atomic E-state index is -1.09. The Morgan fingerprint density at radius 1 is 1.16 bits per heavy atom. The van der Waals surface area contributed by atoms with E-state index in [9.17, 15) is 19.8 Å². The van der Waals surface area contributed by atoms with E-state index >= 15 is 0 Å². The summed E-state index contributed by atoms with van der Waals surface area (Å²) in [4.78, 5) is 28.6. The molecule has 2 amide bonds. The minimum absolute atomic E-state index is 0.229. The van der Waals surface area contributed by atoms with Crippen LogP contribution < -0.4 is 0 Å². The third-order valence-corrected chi connectivity index (χ3v) is 6.01. The van der Waals surface area contributed by atoms with Gasteiger partial charge >= 0.3 is 6.09 Å². The van der Waals surface area contributed by atoms with Crippen LogP contribution >= 0.6 is 0 Å². The number of amides is 2. The maximum Gasteiger partial charge on any atom is 0.407 e. The van der Waals surface area contributed by atoms with Crippen molar-refractivity contribution < 1.29 is 24.5 Å². The molecule has 2 N–H and O–H groups in total. The molecule has 2 rings (SSSR count). The first-order chi connectivity index (χ1) is 14.5. The molecule has 7 heteroatoms. The van der Waals surface area contributed by atoms with Gasteiger partial charge in [-0.2, -0.15) is 0 Å². The summed E-state index contributed by atoms with van der Waals surface area (Å²) in [5.74, 6) is -0.0482. The average Bonchev–Trinajstić information content (AvgIpc) is 2.74. The van der Waals surface area contributed by atoms with Crippen LogP contribution in [0, 0.1) is 11.3 Å². The number of carboxylic acid groups (broad SMARTS) is 1. The van der Waals surface area contributed by atoms with E-state index in [-0.39, 0.29) is 23.8 Å². The van der Waals surface area contributed by atoms with Gasteiger partial charge in [-0.3, -0.25) is 9.69 Å². The number of aliphatic hydroxyl groups is 1. The standard InChI is InChI=1S/C24H38N2O5/c1-17(21(27)19-9-7-6-8-10-19)25(5)22(28)20(15-18-11-13-31-14-12-18)26(23(29)30)16-24(2,3)4/h6-10,17-18,20-21,27H,11-16H2,1-5H3,(H,29,30)/t17-,20+,21+/m1/s1. The summed E-state index contributed by atoms with van der Waals surface area (Å²) in [5, 5.41) is 20.8. The molecular formula is C24H38N2O5. The highest BCUT2D eigenvalue weighted by atomic mass is 16.5. The van der Waals surface area contributed by atoms with Gasteiger partial charge in [0.2, 0.25) is 5.91 Å². The summed E-state index contributed by atoms with van der Waals surface area (Å²) < 4.78 is 5.44. The smallest absolute Gasteiger partial charge is 0.407 e. The quantitative estimate of drug-likeness (QED) is 0.650. The van der Waals surface area contributed by atoms with E-state index in [0.717, 1.165) is 18.4 Å². The number of ether oxygens (including phenoxy) is 1. The van der Waals surface area contributed by atoms with Gasteiger partial charge in [-0.1, -0.05) is 51.1 Å². The van der Waals surface area contributed by atoms with Gasteiger partial charge in [0, 0.05) is 26.8 Å². The molecule has 0 aliphatic carbocycles. The predicted molar refractivity (Wildman–Crippen MR) is 120 cm³/mol. The third kappa shape index (κ3) is 7.21. The van der Waals surface area contributed by atoms with Gasteiger partial charge in [-0.05, 0) is 43.1 Å². The second kappa shape index (κ2) is 11.0. The van der Waals surface area contributed by atoms with Crippen molar-refractivity contribution in [1.29, 1.82) is 0 Å². The molecule has 0 radical (unpaired) electrons. The second-order valence-corrected chi connectivity index (χ2v) is 9.82. The van der Waals surface area contributed by atoms with Gasteiger partial charge in [0.1, 0.15) is 6.04 Å². The van der Waals surface area contributed by atoms with Crippen molar-refractivity contribution in [3.63, 3.8) is 0 Å². The van der Waals surface area contributed by atoms with Crippen molar-refractivity contribution in [3.05, 3.63) is 35.9 Å². The van der Waals surface area contributed by atoms with Crippen LogP contribution in [0.15, 0.2) is 30.3 Å². The van der Waals surface area contributed by atoms with Crippen LogP contribution in [0.1, 0.15) is 58.6 Å². The normalized spacial score (nSPS) is 18.1. The number of carbonyl (C=O) groups is 2. The molecule has 174 valence electrons. The Balaban J connectivity index is 2.27. The van der Waals surface area contributed by atoms with Crippen LogP contribution in [0.25, 0.3) is 0 Å². The van der Waals surface area contributed by atoms with Crippen LogP contribution in [-0.4, -0.2) is 70.9 Å². The summed E-state index contributed by atoms with van der Waals surface area (Å²) in [6.07, 6.45) is 0.144. The lowest BCUT2D eigenvalue weighted by Crippen LogP contribution is -2.55. The summed E-state index contributed by atoms with van der Waals surface area (Å²) in [6, 6.07) is 7.90. The number of carbonyl (C=O) groups excluding carboxylic acids is 1. The molecule has 31 heavy (non-hydrogen) atoms. The molecule has 1 saturated heterocycles. The zero-order valence-corrected chi connectivity index (χ0v) is 19.5. The van der Waals surface area contributed by atoms with Gasteiger partial charge in [0.05, 0.1) is 12.1 Å². The number of nitrogens with zero attached hydrogens (tertiary/aromatic N) is 2. The fourth-order valence-corrected chi connectivity index (χ4v) is 4.06. The SMILES string of the molecule is C[C@H]([C@H](O)c1ccccc1)N(C)C(=O)[C@H](CC1CCOCC1)N(CC(C)(C)C)C(=O)O. The number of hydrogen-bond acceptors (Lipinski definition) is 4. The lowest BCUT2D eigenvalue weighted by atomic mass is 9.89. The largest absolute Gasteiger partial charge is 0.465 e. The lowest BCUT2D eigenvalue weighted by Gasteiger charge is -2.39. The zero-order valence-electron chi connectivity index (χ0n) is 19.5. The topological polar surface area (TPSA) is 90.3 Å². The van der Waals surface area contributed by atoms with E-state index in [1.165, 1.54) is 9.80 Å². The van der Waals surface area contributed by atoms with Crippen LogP contribution in [0.4, 0.5) is 4.79 Å². The maximum atomic E-state index is 13.6. The molecule has 1 aromatic rings. The van der Waals surface area contributed by atoms with Crippen LogP contribution in [0.3, 0.4) is 0 Å². The Labute approximate surface area is 186 Å². The fraction of sp³-hybridized carbons (Fsp3) is 0.667. The second-order valence-electron chi connectivity index (χ2n) is 9.82. The van der Waals surface area contributed by atoms with E-state index in [1.54, 1.807) is 14.0 Å². The molecule has 1 aromatic carbocycles. The lowest BCUT2D eigenvalue weighted by molar-refractivity contribution is -0.140. The van der Waals surface area contributed by atoms with E-state index in [0.29, 0.717) is 19.6 Å². The molecule has 0 unspecified atom stereocenters. The van der Waals surface area contributed by atoms with Crippen molar-refractivity contribution in [1.82, 2.24) is 9.80 Å². The summed E-state index contributed by atoms with van der Waals surface area (Å²) in [5.41, 5.74) is 0.431. The van der Waals surface area contributed by atoms with Gasteiger partial charge < -0.3 is 19.8 Å². The number of aliphatic hydroxyl groups excluding tert-OH is 1. The summed E-state index contributed by atoms with van der Waals surface area (Å²) in [6.45, 7) is 9.20. The molecule has 0 aromatic heterocycles. The van der Waals surface area contributed by atoms with Crippen LogP contribution in [-0.2, 0) is 9.53 Å². The van der Waals surface area contributed by atoms with Crippen molar-refractivity contribution in [3.8, 4) is 0 Å². The van der Waals surface area contributed by atoms with Gasteiger partial charge in [0.25, 0.3) is 0 Å². The molecule has 1 heterocycles. The predicted octanol–water partition coefficient (Wildman–Crippen LogP) is 3.78. The summed E-state index contributed by atoms with van der Waals surface area (Å²) >= 11 is 0. The Kier molecular flexibility index (Phi) is 8.89. The van der Waals surface area contributed by atoms with E-state index < -0.39 is 24.3 Å². The van der Waals surface area contributed by atoms with Gasteiger partial charge in [0.15, 0.2) is 0 Å². The minimum Gasteiger partial charge on any atom is -0.465 e. The Bertz CT molecular complexity index is 712. The molecule has 0 saturated carbocycles. The molecule has 1 aliphatic heterocycles. The van der Waals surface area contributed by atoms with Gasteiger partial charge in [-0.25, -0.2) is 4.79 Å². The molecular weight excluding hydrogens is 396 g/mol. The monoisotopic (exact) mass is 434 g/mol.